The average Bonchev–Trinajstić information content (AvgIpc) is 2.25. The molecular formula is C10H21N3O3. The highest BCUT2D eigenvalue weighted by molar-refractivity contribution is 5.82. The van der Waals surface area contributed by atoms with Crippen molar-refractivity contribution < 1.29 is 14.7 Å². The fourth-order valence-electron chi connectivity index (χ4n) is 1.10. The van der Waals surface area contributed by atoms with Crippen LogP contribution in [0.25, 0.3) is 0 Å². The van der Waals surface area contributed by atoms with Gasteiger partial charge in [0.25, 0.3) is 0 Å². The minimum absolute atomic E-state index is 0.0231. The zero-order valence-electron chi connectivity index (χ0n) is 10.1. The van der Waals surface area contributed by atoms with E-state index in [-0.39, 0.29) is 30.5 Å². The second-order valence-electron chi connectivity index (χ2n) is 3.83. The summed E-state index contributed by atoms with van der Waals surface area (Å²) >= 11 is 0. The van der Waals surface area contributed by atoms with Crippen LogP contribution in [0.1, 0.15) is 33.6 Å². The Kier molecular flexibility index (Phi) is 7.28. The van der Waals surface area contributed by atoms with E-state index < -0.39 is 0 Å². The van der Waals surface area contributed by atoms with Crippen LogP contribution >= 0.6 is 0 Å². The molecule has 0 rings (SSSR count). The first-order valence-corrected chi connectivity index (χ1v) is 5.36. The lowest BCUT2D eigenvalue weighted by Gasteiger charge is -2.16. The molecule has 0 fully saturated rings. The number of amides is 1. The summed E-state index contributed by atoms with van der Waals surface area (Å²) in [5.41, 5.74) is 5.36. The third-order valence-corrected chi connectivity index (χ3v) is 1.99. The first kappa shape index (κ1) is 14.7. The number of oxime groups is 1. The molecule has 0 aromatic rings. The smallest absolute Gasteiger partial charge is 0.246 e. The van der Waals surface area contributed by atoms with E-state index in [9.17, 15) is 4.79 Å². The molecule has 16 heavy (non-hydrogen) atoms. The third-order valence-electron chi connectivity index (χ3n) is 1.99. The molecule has 0 aliphatic heterocycles. The van der Waals surface area contributed by atoms with Crippen LogP contribution in [0.2, 0.25) is 0 Å². The molecule has 0 saturated carbocycles. The molecule has 0 saturated heterocycles. The summed E-state index contributed by atoms with van der Waals surface area (Å²) in [4.78, 5) is 11.4. The van der Waals surface area contributed by atoms with E-state index in [2.05, 4.69) is 10.5 Å². The molecule has 0 aromatic carbocycles. The summed E-state index contributed by atoms with van der Waals surface area (Å²) in [5.74, 6) is -0.0804. The topological polar surface area (TPSA) is 96.9 Å². The number of rotatable bonds is 7. The van der Waals surface area contributed by atoms with Crippen molar-refractivity contribution >= 4 is 11.7 Å². The number of ether oxygens (including phenoxy) is 1. The molecule has 0 aromatic heterocycles. The number of hydrogen-bond donors (Lipinski definition) is 3. The molecule has 94 valence electrons. The standard InChI is InChI=1S/C10H21N3O3/c1-4-8(5-9(11)13-15)12-10(14)6-16-7(2)3/h7-8,15H,4-6H2,1-3H3,(H2,11,13)(H,12,14). The Hall–Kier alpha value is -1.30. The Balaban J connectivity index is 3.97. The van der Waals surface area contributed by atoms with Crippen LogP contribution in [0.15, 0.2) is 5.16 Å². The molecule has 0 radical (unpaired) electrons. The van der Waals surface area contributed by atoms with Crippen molar-refractivity contribution in [3.05, 3.63) is 0 Å². The summed E-state index contributed by atoms with van der Waals surface area (Å²) in [7, 11) is 0. The van der Waals surface area contributed by atoms with Crippen molar-refractivity contribution in [2.75, 3.05) is 6.61 Å². The molecule has 0 aliphatic carbocycles. The van der Waals surface area contributed by atoms with Gasteiger partial charge in [-0.2, -0.15) is 0 Å². The largest absolute Gasteiger partial charge is 0.409 e. The van der Waals surface area contributed by atoms with Crippen LogP contribution in [-0.2, 0) is 9.53 Å². The molecule has 0 bridgehead atoms. The van der Waals surface area contributed by atoms with Crippen molar-refractivity contribution in [1.29, 1.82) is 0 Å². The van der Waals surface area contributed by atoms with Gasteiger partial charge in [-0.1, -0.05) is 12.1 Å². The van der Waals surface area contributed by atoms with E-state index in [0.29, 0.717) is 12.8 Å². The second kappa shape index (κ2) is 7.92. The number of carbonyl (C=O) groups is 1. The van der Waals surface area contributed by atoms with Crippen LogP contribution in [0.5, 0.6) is 0 Å². The Labute approximate surface area is 95.8 Å². The number of nitrogens with two attached hydrogens (primary N) is 1. The number of amidine groups is 1. The van der Waals surface area contributed by atoms with E-state index in [0.717, 1.165) is 0 Å². The van der Waals surface area contributed by atoms with Gasteiger partial charge in [0.15, 0.2) is 0 Å². The van der Waals surface area contributed by atoms with Crippen molar-refractivity contribution in [1.82, 2.24) is 5.32 Å². The molecule has 1 unspecified atom stereocenters. The SMILES string of the molecule is CCC(CC(N)=NO)NC(=O)COC(C)C. The van der Waals surface area contributed by atoms with E-state index >= 15 is 0 Å². The van der Waals surface area contributed by atoms with Gasteiger partial charge in [-0.05, 0) is 20.3 Å². The first-order valence-electron chi connectivity index (χ1n) is 5.36. The van der Waals surface area contributed by atoms with Crippen molar-refractivity contribution in [2.45, 2.75) is 45.8 Å². The van der Waals surface area contributed by atoms with Crippen molar-refractivity contribution in [3.63, 3.8) is 0 Å². The van der Waals surface area contributed by atoms with Gasteiger partial charge in [0, 0.05) is 12.5 Å². The van der Waals surface area contributed by atoms with Crippen LogP contribution < -0.4 is 11.1 Å². The summed E-state index contributed by atoms with van der Waals surface area (Å²) in [6, 6.07) is -0.126. The summed E-state index contributed by atoms with van der Waals surface area (Å²) in [6.07, 6.45) is 1.07. The van der Waals surface area contributed by atoms with Crippen LogP contribution in [0, 0.1) is 0 Å². The number of hydrogen-bond acceptors (Lipinski definition) is 4. The van der Waals surface area contributed by atoms with Gasteiger partial charge in [-0.3, -0.25) is 4.79 Å². The predicted molar refractivity (Wildman–Crippen MR) is 61.3 cm³/mol. The fourth-order valence-corrected chi connectivity index (χ4v) is 1.10. The van der Waals surface area contributed by atoms with Gasteiger partial charge in [0.05, 0.1) is 6.10 Å². The number of nitrogens with one attached hydrogen (secondary N) is 1. The first-order chi connectivity index (χ1) is 7.49. The van der Waals surface area contributed by atoms with Gasteiger partial charge in [0.1, 0.15) is 12.4 Å². The minimum atomic E-state index is -0.189. The molecule has 4 N–H and O–H groups in total. The lowest BCUT2D eigenvalue weighted by atomic mass is 10.1. The summed E-state index contributed by atoms with van der Waals surface area (Å²) in [6.45, 7) is 5.67. The van der Waals surface area contributed by atoms with Crippen LogP contribution in [0.4, 0.5) is 0 Å². The van der Waals surface area contributed by atoms with E-state index in [1.165, 1.54) is 0 Å². The van der Waals surface area contributed by atoms with Gasteiger partial charge in [-0.25, -0.2) is 0 Å². The second-order valence-corrected chi connectivity index (χ2v) is 3.83. The highest BCUT2D eigenvalue weighted by Gasteiger charge is 2.12. The monoisotopic (exact) mass is 231 g/mol. The molecule has 0 aliphatic rings. The van der Waals surface area contributed by atoms with Gasteiger partial charge in [-0.15, -0.1) is 0 Å². The zero-order valence-corrected chi connectivity index (χ0v) is 10.1. The quantitative estimate of drug-likeness (QED) is 0.256. The number of carbonyl (C=O) groups excluding carboxylic acids is 1. The average molecular weight is 231 g/mol. The van der Waals surface area contributed by atoms with Gasteiger partial charge >= 0.3 is 0 Å². The van der Waals surface area contributed by atoms with Gasteiger partial charge in [0.2, 0.25) is 5.91 Å². The van der Waals surface area contributed by atoms with E-state index in [1.807, 2.05) is 20.8 Å². The lowest BCUT2D eigenvalue weighted by Crippen LogP contribution is -2.39. The fraction of sp³-hybridized carbons (Fsp3) is 0.800. The summed E-state index contributed by atoms with van der Waals surface area (Å²) in [5, 5.41) is 14.0. The Morgan fingerprint density at radius 3 is 2.62 bits per heavy atom. The maximum Gasteiger partial charge on any atom is 0.246 e. The Morgan fingerprint density at radius 1 is 1.56 bits per heavy atom. The lowest BCUT2D eigenvalue weighted by molar-refractivity contribution is -0.127. The van der Waals surface area contributed by atoms with Crippen molar-refractivity contribution in [2.24, 2.45) is 10.9 Å². The highest BCUT2D eigenvalue weighted by Crippen LogP contribution is 1.98. The van der Waals surface area contributed by atoms with Crippen molar-refractivity contribution in [3.8, 4) is 0 Å². The number of nitrogens with zero attached hydrogens (tertiary/aromatic N) is 1. The molecule has 1 amide bonds. The van der Waals surface area contributed by atoms with Crippen LogP contribution in [-0.4, -0.2) is 35.7 Å². The van der Waals surface area contributed by atoms with E-state index in [1.54, 1.807) is 0 Å². The zero-order chi connectivity index (χ0) is 12.6. The highest BCUT2D eigenvalue weighted by atomic mass is 16.5. The maximum absolute atomic E-state index is 11.4. The molecular weight excluding hydrogens is 210 g/mol. The third kappa shape index (κ3) is 7.05. The van der Waals surface area contributed by atoms with Gasteiger partial charge < -0.3 is 21.0 Å². The van der Waals surface area contributed by atoms with E-state index in [4.69, 9.17) is 15.7 Å². The molecule has 0 spiro atoms. The minimum Gasteiger partial charge on any atom is -0.409 e. The molecule has 0 heterocycles. The van der Waals surface area contributed by atoms with Crippen LogP contribution in [0.3, 0.4) is 0 Å². The molecule has 6 heteroatoms. The maximum atomic E-state index is 11.4. The molecule has 6 nitrogen and oxygen atoms in total. The predicted octanol–water partition coefficient (Wildman–Crippen LogP) is 0.443. The Bertz CT molecular complexity index is 241. The molecule has 1 atom stereocenters. The normalized spacial score (nSPS) is 13.9. The Morgan fingerprint density at radius 2 is 2.19 bits per heavy atom. The summed E-state index contributed by atoms with van der Waals surface area (Å²) < 4.78 is 5.16.